The minimum absolute atomic E-state index is 0.0516. The Labute approximate surface area is 166 Å². The number of halogens is 1. The number of fused-ring (bicyclic) bond motifs is 1. The van der Waals surface area contributed by atoms with Gasteiger partial charge in [-0.05, 0) is 49.7 Å². The van der Waals surface area contributed by atoms with Crippen molar-refractivity contribution in [3.8, 4) is 5.75 Å². The van der Waals surface area contributed by atoms with Gasteiger partial charge in [0, 0.05) is 5.69 Å². The molecule has 0 aliphatic carbocycles. The molecule has 1 aliphatic rings. The maximum absolute atomic E-state index is 12.5. The number of amides is 1. The molecule has 3 aromatic rings. The van der Waals surface area contributed by atoms with Crippen LogP contribution in [0.4, 0.5) is 5.69 Å². The highest BCUT2D eigenvalue weighted by molar-refractivity contribution is 7.18. The van der Waals surface area contributed by atoms with E-state index >= 15 is 0 Å². The van der Waals surface area contributed by atoms with Crippen molar-refractivity contribution in [2.24, 2.45) is 0 Å². The van der Waals surface area contributed by atoms with Crippen molar-refractivity contribution in [3.63, 3.8) is 0 Å². The van der Waals surface area contributed by atoms with Gasteiger partial charge in [-0.1, -0.05) is 23.7 Å². The summed E-state index contributed by atoms with van der Waals surface area (Å²) < 4.78 is 6.33. The third-order valence-electron chi connectivity index (χ3n) is 4.74. The summed E-state index contributed by atoms with van der Waals surface area (Å²) in [5.41, 5.74) is 1.70. The molecule has 1 fully saturated rings. The van der Waals surface area contributed by atoms with Gasteiger partial charge < -0.3 is 10.1 Å². The van der Waals surface area contributed by atoms with E-state index in [2.05, 4.69) is 16.3 Å². The molecule has 140 valence electrons. The van der Waals surface area contributed by atoms with Crippen molar-refractivity contribution in [1.29, 1.82) is 0 Å². The lowest BCUT2D eigenvalue weighted by atomic mass is 10.2. The molecule has 7 heteroatoms. The van der Waals surface area contributed by atoms with Gasteiger partial charge in [0.15, 0.2) is 0 Å². The Hall–Kier alpha value is -2.15. The Morgan fingerprint density at radius 1 is 1.37 bits per heavy atom. The van der Waals surface area contributed by atoms with Crippen LogP contribution >= 0.6 is 22.9 Å². The number of nitrogens with zero attached hydrogens (tertiary/aromatic N) is 2. The average Bonchev–Trinajstić information content (AvgIpc) is 3.27. The van der Waals surface area contributed by atoms with E-state index in [1.807, 2.05) is 18.2 Å². The van der Waals surface area contributed by atoms with Crippen molar-refractivity contribution >= 4 is 44.7 Å². The fourth-order valence-electron chi connectivity index (χ4n) is 3.46. The second-order valence-corrected chi connectivity index (χ2v) is 8.02. The molecule has 1 amide bonds. The molecule has 2 heterocycles. The van der Waals surface area contributed by atoms with E-state index in [4.69, 9.17) is 21.3 Å². The molecular weight excluding hydrogens is 382 g/mol. The first kappa shape index (κ1) is 18.2. The highest BCUT2D eigenvalue weighted by Gasteiger charge is 2.30. The highest BCUT2D eigenvalue weighted by atomic mass is 35.5. The Bertz CT molecular complexity index is 942. The zero-order chi connectivity index (χ0) is 18.8. The van der Waals surface area contributed by atoms with Crippen LogP contribution in [-0.2, 0) is 4.79 Å². The standard InChI is InChI=1S/C20H20ClN3O2S/c1-26-17-9-8-13(11-14(17)21)22-19(25)12-24-10-4-6-16(24)20-23-15-5-2-3-7-18(15)27-20/h2-3,5,7-9,11,16H,4,6,10,12H2,1H3,(H,22,25). The number of likely N-dealkylation sites (tertiary alicyclic amines) is 1. The number of thiazole rings is 1. The van der Waals surface area contributed by atoms with E-state index in [0.29, 0.717) is 23.0 Å². The molecule has 0 saturated carbocycles. The van der Waals surface area contributed by atoms with Crippen molar-refractivity contribution in [2.45, 2.75) is 18.9 Å². The maximum Gasteiger partial charge on any atom is 0.238 e. The number of ether oxygens (including phenoxy) is 1. The number of rotatable bonds is 5. The molecule has 1 N–H and O–H groups in total. The van der Waals surface area contributed by atoms with E-state index in [0.717, 1.165) is 29.9 Å². The lowest BCUT2D eigenvalue weighted by molar-refractivity contribution is -0.117. The first-order valence-corrected chi connectivity index (χ1v) is 10.1. The summed E-state index contributed by atoms with van der Waals surface area (Å²) in [6.45, 7) is 1.24. The Morgan fingerprint density at radius 3 is 3.00 bits per heavy atom. The van der Waals surface area contributed by atoms with Crippen LogP contribution in [0.15, 0.2) is 42.5 Å². The van der Waals surface area contributed by atoms with Crippen molar-refractivity contribution in [1.82, 2.24) is 9.88 Å². The number of hydrogen-bond donors (Lipinski definition) is 1. The Morgan fingerprint density at radius 2 is 2.22 bits per heavy atom. The number of benzene rings is 2. The first-order valence-electron chi connectivity index (χ1n) is 8.87. The van der Waals surface area contributed by atoms with Crippen molar-refractivity contribution in [3.05, 3.63) is 52.5 Å². The summed E-state index contributed by atoms with van der Waals surface area (Å²) >= 11 is 7.85. The number of anilines is 1. The molecule has 5 nitrogen and oxygen atoms in total. The number of hydrogen-bond acceptors (Lipinski definition) is 5. The minimum Gasteiger partial charge on any atom is -0.495 e. The summed E-state index contributed by atoms with van der Waals surface area (Å²) in [7, 11) is 1.56. The van der Waals surface area contributed by atoms with Gasteiger partial charge >= 0.3 is 0 Å². The zero-order valence-corrected chi connectivity index (χ0v) is 16.5. The van der Waals surface area contributed by atoms with Gasteiger partial charge in [-0.3, -0.25) is 9.69 Å². The topological polar surface area (TPSA) is 54.5 Å². The van der Waals surface area contributed by atoms with Crippen LogP contribution < -0.4 is 10.1 Å². The van der Waals surface area contributed by atoms with E-state index in [-0.39, 0.29) is 11.9 Å². The lowest BCUT2D eigenvalue weighted by Crippen LogP contribution is -2.32. The van der Waals surface area contributed by atoms with Gasteiger partial charge in [-0.2, -0.15) is 0 Å². The van der Waals surface area contributed by atoms with Gasteiger partial charge in [0.05, 0.1) is 34.9 Å². The summed E-state index contributed by atoms with van der Waals surface area (Å²) in [6.07, 6.45) is 2.10. The molecule has 1 aromatic heterocycles. The molecule has 4 rings (SSSR count). The fraction of sp³-hybridized carbons (Fsp3) is 0.300. The van der Waals surface area contributed by atoms with E-state index in [9.17, 15) is 4.79 Å². The Kier molecular flexibility index (Phi) is 5.29. The van der Waals surface area contributed by atoms with Crippen LogP contribution in [0.1, 0.15) is 23.9 Å². The van der Waals surface area contributed by atoms with Gasteiger partial charge in [0.1, 0.15) is 10.8 Å². The van der Waals surface area contributed by atoms with Crippen LogP contribution in [0.25, 0.3) is 10.2 Å². The second-order valence-electron chi connectivity index (χ2n) is 6.55. The van der Waals surface area contributed by atoms with E-state index in [1.165, 1.54) is 4.70 Å². The van der Waals surface area contributed by atoms with Gasteiger partial charge in [-0.25, -0.2) is 4.98 Å². The van der Waals surface area contributed by atoms with E-state index < -0.39 is 0 Å². The molecule has 27 heavy (non-hydrogen) atoms. The molecule has 0 bridgehead atoms. The molecule has 1 aliphatic heterocycles. The SMILES string of the molecule is COc1ccc(NC(=O)CN2CCCC2c2nc3ccccc3s2)cc1Cl. The van der Waals surface area contributed by atoms with E-state index in [1.54, 1.807) is 36.6 Å². The van der Waals surface area contributed by atoms with Gasteiger partial charge in [0.25, 0.3) is 0 Å². The number of methoxy groups -OCH3 is 1. The predicted octanol–water partition coefficient (Wildman–Crippen LogP) is 4.73. The zero-order valence-electron chi connectivity index (χ0n) is 14.9. The second kappa shape index (κ2) is 7.84. The molecule has 0 spiro atoms. The van der Waals surface area contributed by atoms with Gasteiger partial charge in [-0.15, -0.1) is 11.3 Å². The summed E-state index contributed by atoms with van der Waals surface area (Å²) in [6, 6.07) is 13.6. The first-order chi connectivity index (χ1) is 13.1. The van der Waals surface area contributed by atoms with Crippen molar-refractivity contribution in [2.75, 3.05) is 25.5 Å². The molecule has 1 saturated heterocycles. The van der Waals surface area contributed by atoms with Crippen LogP contribution in [0.3, 0.4) is 0 Å². The van der Waals surface area contributed by atoms with Crippen LogP contribution in [0.2, 0.25) is 5.02 Å². The Balaban J connectivity index is 1.44. The molecule has 0 radical (unpaired) electrons. The van der Waals surface area contributed by atoms with Crippen LogP contribution in [0, 0.1) is 0 Å². The summed E-state index contributed by atoms with van der Waals surface area (Å²) in [5.74, 6) is 0.536. The summed E-state index contributed by atoms with van der Waals surface area (Å²) in [4.78, 5) is 19.5. The number of aromatic nitrogens is 1. The molecule has 2 aromatic carbocycles. The van der Waals surface area contributed by atoms with Crippen LogP contribution in [0.5, 0.6) is 5.75 Å². The van der Waals surface area contributed by atoms with Gasteiger partial charge in [0.2, 0.25) is 5.91 Å². The molecule has 1 atom stereocenters. The normalized spacial score (nSPS) is 17.3. The van der Waals surface area contributed by atoms with Crippen LogP contribution in [-0.4, -0.2) is 36.0 Å². The largest absolute Gasteiger partial charge is 0.495 e. The van der Waals surface area contributed by atoms with Crippen molar-refractivity contribution < 1.29 is 9.53 Å². The molecular formula is C20H20ClN3O2S. The third-order valence-corrected chi connectivity index (χ3v) is 6.17. The monoisotopic (exact) mass is 401 g/mol. The summed E-state index contributed by atoms with van der Waals surface area (Å²) in [5, 5.41) is 4.49. The lowest BCUT2D eigenvalue weighted by Gasteiger charge is -2.22. The fourth-order valence-corrected chi connectivity index (χ4v) is 4.85. The third kappa shape index (κ3) is 3.93. The number of carbonyl (C=O) groups excluding carboxylic acids is 1. The highest BCUT2D eigenvalue weighted by Crippen LogP contribution is 2.36. The molecule has 1 unspecified atom stereocenters. The quantitative estimate of drug-likeness (QED) is 0.671. The minimum atomic E-state index is -0.0516. The smallest absolute Gasteiger partial charge is 0.238 e. The number of carbonyl (C=O) groups is 1. The number of nitrogens with one attached hydrogen (secondary N) is 1. The predicted molar refractivity (Wildman–Crippen MR) is 110 cm³/mol. The number of para-hydroxylation sites is 1. The maximum atomic E-state index is 12.5. The average molecular weight is 402 g/mol.